The number of hydrogen-bond donors (Lipinski definition) is 0. The molecular formula is C12H10ClFO2. The second kappa shape index (κ2) is 6.14. The van der Waals surface area contributed by atoms with Gasteiger partial charge < -0.3 is 4.74 Å². The Morgan fingerprint density at radius 2 is 2.31 bits per heavy atom. The summed E-state index contributed by atoms with van der Waals surface area (Å²) >= 11 is 5.75. The van der Waals surface area contributed by atoms with E-state index in [0.29, 0.717) is 12.2 Å². The maximum Gasteiger partial charge on any atom is 0.317 e. The molecule has 0 bridgehead atoms. The molecule has 4 heteroatoms. The van der Waals surface area contributed by atoms with Gasteiger partial charge in [-0.15, -0.1) is 0 Å². The Morgan fingerprint density at radius 1 is 1.56 bits per heavy atom. The monoisotopic (exact) mass is 240 g/mol. The van der Waals surface area contributed by atoms with Gasteiger partial charge in [0.25, 0.3) is 0 Å². The zero-order chi connectivity index (χ0) is 12.0. The summed E-state index contributed by atoms with van der Waals surface area (Å²) in [6, 6.07) is 3.91. The number of carbonyl (C=O) groups excluding carboxylic acids is 1. The van der Waals surface area contributed by atoms with Gasteiger partial charge in [-0.05, 0) is 25.1 Å². The van der Waals surface area contributed by atoms with E-state index in [2.05, 4.69) is 11.8 Å². The Hall–Kier alpha value is -1.53. The third-order valence-electron chi connectivity index (χ3n) is 1.69. The smallest absolute Gasteiger partial charge is 0.317 e. The van der Waals surface area contributed by atoms with Gasteiger partial charge in [0.05, 0.1) is 11.6 Å². The van der Waals surface area contributed by atoms with Crippen molar-refractivity contribution in [1.82, 2.24) is 0 Å². The largest absolute Gasteiger partial charge is 0.465 e. The summed E-state index contributed by atoms with van der Waals surface area (Å²) in [5, 5.41) is 0.233. The van der Waals surface area contributed by atoms with Gasteiger partial charge in [-0.25, -0.2) is 4.39 Å². The fourth-order valence-corrected chi connectivity index (χ4v) is 1.23. The highest BCUT2D eigenvalue weighted by atomic mass is 35.5. The Labute approximate surface area is 98.4 Å². The van der Waals surface area contributed by atoms with Crippen LogP contribution in [0.5, 0.6) is 0 Å². The van der Waals surface area contributed by atoms with E-state index < -0.39 is 5.82 Å². The van der Waals surface area contributed by atoms with E-state index in [4.69, 9.17) is 16.3 Å². The molecule has 0 aliphatic carbocycles. The van der Waals surface area contributed by atoms with Gasteiger partial charge in [-0.2, -0.15) is 0 Å². The first-order valence-electron chi connectivity index (χ1n) is 4.73. The highest BCUT2D eigenvalue weighted by Crippen LogP contribution is 2.15. The Balaban J connectivity index is 2.66. The summed E-state index contributed by atoms with van der Waals surface area (Å²) in [5.74, 6) is 4.50. The summed E-state index contributed by atoms with van der Waals surface area (Å²) in [5.41, 5.74) is 0.493. The van der Waals surface area contributed by atoms with Gasteiger partial charge in [-0.3, -0.25) is 4.79 Å². The molecule has 0 saturated carbocycles. The third kappa shape index (κ3) is 3.92. The van der Waals surface area contributed by atoms with Gasteiger partial charge in [0.1, 0.15) is 12.2 Å². The number of benzene rings is 1. The van der Waals surface area contributed by atoms with Crippen molar-refractivity contribution in [3.63, 3.8) is 0 Å². The molecule has 0 aliphatic heterocycles. The number of carbonyl (C=O) groups is 1. The number of rotatable bonds is 2. The van der Waals surface area contributed by atoms with E-state index in [0.717, 1.165) is 0 Å². The zero-order valence-electron chi connectivity index (χ0n) is 8.72. The lowest BCUT2D eigenvalue weighted by atomic mass is 10.2. The molecule has 0 fully saturated rings. The summed E-state index contributed by atoms with van der Waals surface area (Å²) in [6.07, 6.45) is 0.00153. The van der Waals surface area contributed by atoms with Gasteiger partial charge >= 0.3 is 5.97 Å². The molecule has 0 N–H and O–H groups in total. The van der Waals surface area contributed by atoms with Crippen LogP contribution >= 0.6 is 11.6 Å². The van der Waals surface area contributed by atoms with Crippen molar-refractivity contribution in [3.8, 4) is 11.8 Å². The van der Waals surface area contributed by atoms with Crippen LogP contribution in [0.25, 0.3) is 0 Å². The molecule has 0 atom stereocenters. The highest BCUT2D eigenvalue weighted by Gasteiger charge is 1.99. The van der Waals surface area contributed by atoms with E-state index >= 15 is 0 Å². The van der Waals surface area contributed by atoms with E-state index in [1.807, 2.05) is 0 Å². The van der Waals surface area contributed by atoms with Crippen LogP contribution in [0, 0.1) is 17.7 Å². The summed E-state index contributed by atoms with van der Waals surface area (Å²) in [4.78, 5) is 11.0. The molecule has 0 unspecified atom stereocenters. The molecule has 84 valence electrons. The Bertz CT molecular complexity index is 446. The van der Waals surface area contributed by atoms with Crippen molar-refractivity contribution >= 4 is 17.6 Å². The molecule has 0 radical (unpaired) electrons. The number of halogens is 2. The second-order valence-corrected chi connectivity index (χ2v) is 3.31. The van der Waals surface area contributed by atoms with Crippen LogP contribution in [0.1, 0.15) is 18.9 Å². The van der Waals surface area contributed by atoms with Gasteiger partial charge in [-0.1, -0.05) is 23.4 Å². The quantitative estimate of drug-likeness (QED) is 0.587. The number of esters is 1. The van der Waals surface area contributed by atoms with Crippen LogP contribution in [0.3, 0.4) is 0 Å². The highest BCUT2D eigenvalue weighted by molar-refractivity contribution is 6.31. The molecule has 0 spiro atoms. The van der Waals surface area contributed by atoms with Crippen molar-refractivity contribution in [2.75, 3.05) is 6.61 Å². The molecule has 0 saturated heterocycles. The predicted octanol–water partition coefficient (Wildman–Crippen LogP) is 2.78. The van der Waals surface area contributed by atoms with Crippen molar-refractivity contribution in [2.24, 2.45) is 0 Å². The lowest BCUT2D eigenvalue weighted by molar-refractivity contribution is -0.141. The zero-order valence-corrected chi connectivity index (χ0v) is 9.47. The molecule has 0 aromatic heterocycles. The van der Waals surface area contributed by atoms with Crippen LogP contribution in [0.4, 0.5) is 4.39 Å². The number of hydrogen-bond acceptors (Lipinski definition) is 2. The summed E-state index contributed by atoms with van der Waals surface area (Å²) < 4.78 is 17.4. The van der Waals surface area contributed by atoms with Crippen LogP contribution in [0.15, 0.2) is 18.2 Å². The SMILES string of the molecule is CCOC(=O)CC#Cc1ccc(F)cc1Cl. The van der Waals surface area contributed by atoms with E-state index in [1.165, 1.54) is 18.2 Å². The van der Waals surface area contributed by atoms with Crippen molar-refractivity contribution in [2.45, 2.75) is 13.3 Å². The first-order valence-corrected chi connectivity index (χ1v) is 5.11. The molecule has 16 heavy (non-hydrogen) atoms. The maximum atomic E-state index is 12.7. The van der Waals surface area contributed by atoms with Crippen molar-refractivity contribution < 1.29 is 13.9 Å². The Kier molecular flexibility index (Phi) is 4.81. The third-order valence-corrected chi connectivity index (χ3v) is 2.00. The molecule has 1 rings (SSSR count). The minimum Gasteiger partial charge on any atom is -0.465 e. The molecule has 1 aromatic rings. The van der Waals surface area contributed by atoms with E-state index in [-0.39, 0.29) is 17.4 Å². The lowest BCUT2D eigenvalue weighted by Gasteiger charge is -1.96. The van der Waals surface area contributed by atoms with Crippen LogP contribution in [0.2, 0.25) is 5.02 Å². The molecule has 0 aliphatic rings. The molecule has 2 nitrogen and oxygen atoms in total. The van der Waals surface area contributed by atoms with Crippen molar-refractivity contribution in [3.05, 3.63) is 34.6 Å². The molecular weight excluding hydrogens is 231 g/mol. The summed E-state index contributed by atoms with van der Waals surface area (Å²) in [7, 11) is 0. The fourth-order valence-electron chi connectivity index (χ4n) is 1.01. The maximum absolute atomic E-state index is 12.7. The lowest BCUT2D eigenvalue weighted by Crippen LogP contribution is -2.01. The molecule has 0 amide bonds. The first-order chi connectivity index (χ1) is 7.63. The van der Waals surface area contributed by atoms with Gasteiger partial charge in [0.2, 0.25) is 0 Å². The number of ether oxygens (including phenoxy) is 1. The molecule has 1 aromatic carbocycles. The van der Waals surface area contributed by atoms with Crippen molar-refractivity contribution in [1.29, 1.82) is 0 Å². The van der Waals surface area contributed by atoms with Gasteiger partial charge in [0, 0.05) is 5.56 Å². The molecule has 0 heterocycles. The van der Waals surface area contributed by atoms with Crippen LogP contribution in [-0.2, 0) is 9.53 Å². The topological polar surface area (TPSA) is 26.3 Å². The first kappa shape index (κ1) is 12.5. The standard InChI is InChI=1S/C12H10ClFO2/c1-2-16-12(15)5-3-4-9-6-7-10(14)8-11(9)13/h6-8H,2,5H2,1H3. The van der Waals surface area contributed by atoms with Crippen LogP contribution in [-0.4, -0.2) is 12.6 Å². The van der Waals surface area contributed by atoms with Crippen LogP contribution < -0.4 is 0 Å². The Morgan fingerprint density at radius 3 is 2.94 bits per heavy atom. The summed E-state index contributed by atoms with van der Waals surface area (Å²) in [6.45, 7) is 2.06. The second-order valence-electron chi connectivity index (χ2n) is 2.91. The normalized spacial score (nSPS) is 9.19. The van der Waals surface area contributed by atoms with E-state index in [9.17, 15) is 9.18 Å². The fraction of sp³-hybridized carbons (Fsp3) is 0.250. The minimum absolute atomic E-state index is 0.00153. The minimum atomic E-state index is -0.416. The average molecular weight is 241 g/mol. The van der Waals surface area contributed by atoms with E-state index in [1.54, 1.807) is 6.92 Å². The average Bonchev–Trinajstić information content (AvgIpc) is 2.22. The van der Waals surface area contributed by atoms with Gasteiger partial charge in [0.15, 0.2) is 0 Å². The predicted molar refractivity (Wildman–Crippen MR) is 59.5 cm³/mol.